The zero-order chi connectivity index (χ0) is 13.9. The molecule has 20 heavy (non-hydrogen) atoms. The van der Waals surface area contributed by atoms with Crippen LogP contribution in [0.4, 0.5) is 17.1 Å². The Hall–Kier alpha value is -1.16. The standard InChI is InChI=1S/C15H14BrN3Se/c1-10(9-11-5-7-12(16)8-6-11)17-13-3-2-4-14-15(13)19-20-18-14/h2-8,10,17H,9H2,1H3. The summed E-state index contributed by atoms with van der Waals surface area (Å²) in [5.74, 6) is 0. The molecule has 1 atom stereocenters. The number of anilines is 1. The predicted molar refractivity (Wildman–Crippen MR) is 87.3 cm³/mol. The first-order valence-corrected chi connectivity index (χ1v) is 8.77. The van der Waals surface area contributed by atoms with Crippen molar-refractivity contribution in [1.29, 1.82) is 0 Å². The number of benzene rings is 2. The number of hydrogen-bond donors (Lipinski definition) is 1. The summed E-state index contributed by atoms with van der Waals surface area (Å²) in [4.78, 5) is 0. The fourth-order valence-corrected chi connectivity index (χ4v) is 3.63. The van der Waals surface area contributed by atoms with Crippen molar-refractivity contribution in [2.75, 3.05) is 5.32 Å². The molecular weight excluding hydrogens is 381 g/mol. The fourth-order valence-electron chi connectivity index (χ4n) is 2.21. The first kappa shape index (κ1) is 13.8. The van der Waals surface area contributed by atoms with Gasteiger partial charge >= 0.3 is 133 Å². The van der Waals surface area contributed by atoms with Crippen LogP contribution in [0.25, 0.3) is 0 Å². The molecule has 5 heteroatoms. The normalized spacial score (nSPS) is 13.7. The van der Waals surface area contributed by atoms with E-state index in [4.69, 9.17) is 0 Å². The molecule has 3 rings (SSSR count). The van der Waals surface area contributed by atoms with Gasteiger partial charge in [0, 0.05) is 0 Å². The molecule has 0 bridgehead atoms. The van der Waals surface area contributed by atoms with Crippen LogP contribution in [-0.2, 0) is 6.42 Å². The van der Waals surface area contributed by atoms with Gasteiger partial charge < -0.3 is 0 Å². The zero-order valence-corrected chi connectivity index (χ0v) is 14.3. The number of halogens is 1. The van der Waals surface area contributed by atoms with E-state index in [0.29, 0.717) is 6.04 Å². The summed E-state index contributed by atoms with van der Waals surface area (Å²) in [5.41, 5.74) is 4.46. The van der Waals surface area contributed by atoms with E-state index in [1.54, 1.807) is 0 Å². The first-order valence-electron chi connectivity index (χ1n) is 6.44. The molecule has 0 saturated heterocycles. The third-order valence-corrected chi connectivity index (χ3v) is 4.81. The summed E-state index contributed by atoms with van der Waals surface area (Å²) in [5, 5.41) is 3.55. The van der Waals surface area contributed by atoms with E-state index in [9.17, 15) is 0 Å². The van der Waals surface area contributed by atoms with Crippen molar-refractivity contribution in [1.82, 2.24) is 0 Å². The van der Waals surface area contributed by atoms with E-state index in [1.165, 1.54) is 5.56 Å². The van der Waals surface area contributed by atoms with Crippen LogP contribution >= 0.6 is 15.9 Å². The van der Waals surface area contributed by atoms with Gasteiger partial charge in [0.25, 0.3) is 0 Å². The molecule has 0 radical (unpaired) electrons. The Morgan fingerprint density at radius 2 is 1.95 bits per heavy atom. The summed E-state index contributed by atoms with van der Waals surface area (Å²) in [6.45, 7) is 2.19. The summed E-state index contributed by atoms with van der Waals surface area (Å²) < 4.78 is 10.0. The van der Waals surface area contributed by atoms with E-state index >= 15 is 0 Å². The fraction of sp³-hybridized carbons (Fsp3) is 0.200. The van der Waals surface area contributed by atoms with E-state index in [0.717, 1.165) is 28.0 Å². The maximum atomic E-state index is 4.50. The van der Waals surface area contributed by atoms with Crippen molar-refractivity contribution in [3.63, 3.8) is 0 Å². The molecule has 2 aromatic rings. The molecule has 0 amide bonds. The SMILES string of the molecule is CC(Cc1ccc(Br)cc1)Nc1cccc2c1N=[Se]=N2. The summed E-state index contributed by atoms with van der Waals surface area (Å²) in [6, 6.07) is 15.0. The van der Waals surface area contributed by atoms with Gasteiger partial charge in [0.15, 0.2) is 0 Å². The second kappa shape index (κ2) is 6.08. The second-order valence-corrected chi connectivity index (χ2v) is 6.84. The van der Waals surface area contributed by atoms with Gasteiger partial charge in [0.2, 0.25) is 0 Å². The monoisotopic (exact) mass is 395 g/mol. The first-order chi connectivity index (χ1) is 9.72. The van der Waals surface area contributed by atoms with Crippen molar-refractivity contribution >= 4 is 47.6 Å². The predicted octanol–water partition coefficient (Wildman–Crippen LogP) is 4.84. The molecule has 0 spiro atoms. The molecule has 102 valence electrons. The van der Waals surface area contributed by atoms with Crippen LogP contribution in [0.1, 0.15) is 12.5 Å². The molecule has 3 nitrogen and oxygen atoms in total. The van der Waals surface area contributed by atoms with Gasteiger partial charge in [-0.25, -0.2) is 0 Å². The van der Waals surface area contributed by atoms with Crippen molar-refractivity contribution in [3.8, 4) is 0 Å². The number of fused-ring (bicyclic) bond motifs is 1. The molecule has 1 aliphatic rings. The van der Waals surface area contributed by atoms with E-state index < -0.39 is 0 Å². The minimum absolute atomic E-state index is 0.0229. The van der Waals surface area contributed by atoms with Crippen LogP contribution in [-0.4, -0.2) is 20.6 Å². The van der Waals surface area contributed by atoms with Gasteiger partial charge in [-0.2, -0.15) is 0 Å². The molecular formula is C15H14BrN3Se. The molecule has 1 unspecified atom stereocenters. The summed E-state index contributed by atoms with van der Waals surface area (Å²) >= 11 is 3.49. The summed E-state index contributed by atoms with van der Waals surface area (Å²) in [7, 11) is 0. The van der Waals surface area contributed by atoms with E-state index in [1.807, 2.05) is 12.1 Å². The molecule has 1 heterocycles. The maximum absolute atomic E-state index is 4.50. The van der Waals surface area contributed by atoms with Crippen molar-refractivity contribution < 1.29 is 0 Å². The van der Waals surface area contributed by atoms with Gasteiger partial charge in [-0.1, -0.05) is 0 Å². The quantitative estimate of drug-likeness (QED) is 0.631. The van der Waals surface area contributed by atoms with Crippen LogP contribution in [0.15, 0.2) is 54.9 Å². The van der Waals surface area contributed by atoms with Gasteiger partial charge in [-0.15, -0.1) is 0 Å². The van der Waals surface area contributed by atoms with Crippen LogP contribution < -0.4 is 5.32 Å². The number of nitrogens with zero attached hydrogens (tertiary/aromatic N) is 2. The van der Waals surface area contributed by atoms with Crippen molar-refractivity contribution in [2.45, 2.75) is 19.4 Å². The van der Waals surface area contributed by atoms with Crippen LogP contribution in [0.5, 0.6) is 0 Å². The van der Waals surface area contributed by atoms with Gasteiger partial charge in [0.1, 0.15) is 0 Å². The Labute approximate surface area is 132 Å². The molecule has 0 saturated carbocycles. The number of nitrogens with one attached hydrogen (secondary N) is 1. The molecule has 1 N–H and O–H groups in total. The van der Waals surface area contributed by atoms with E-state index in [2.05, 4.69) is 66.4 Å². The Bertz CT molecular complexity index is 691. The molecule has 0 aromatic heterocycles. The molecule has 1 aliphatic heterocycles. The average molecular weight is 395 g/mol. The van der Waals surface area contributed by atoms with Gasteiger partial charge in [-0.3, -0.25) is 0 Å². The topological polar surface area (TPSA) is 36.8 Å². The van der Waals surface area contributed by atoms with Crippen LogP contribution in [0, 0.1) is 0 Å². The third-order valence-electron chi connectivity index (χ3n) is 3.14. The Kier molecular flexibility index (Phi) is 4.20. The van der Waals surface area contributed by atoms with E-state index in [-0.39, 0.29) is 14.6 Å². The van der Waals surface area contributed by atoms with Gasteiger partial charge in [0.05, 0.1) is 0 Å². The second-order valence-electron chi connectivity index (χ2n) is 4.81. The Morgan fingerprint density at radius 1 is 1.15 bits per heavy atom. The third kappa shape index (κ3) is 3.11. The Morgan fingerprint density at radius 3 is 2.75 bits per heavy atom. The zero-order valence-electron chi connectivity index (χ0n) is 11.0. The molecule has 0 aliphatic carbocycles. The van der Waals surface area contributed by atoms with Crippen LogP contribution in [0.2, 0.25) is 0 Å². The number of hydrogen-bond acceptors (Lipinski definition) is 3. The van der Waals surface area contributed by atoms with Crippen LogP contribution in [0.3, 0.4) is 0 Å². The van der Waals surface area contributed by atoms with Crippen molar-refractivity contribution in [2.24, 2.45) is 7.92 Å². The van der Waals surface area contributed by atoms with Gasteiger partial charge in [-0.05, 0) is 0 Å². The Balaban J connectivity index is 1.71. The molecule has 0 fully saturated rings. The number of rotatable bonds is 4. The van der Waals surface area contributed by atoms with Crippen molar-refractivity contribution in [3.05, 3.63) is 52.5 Å². The summed E-state index contributed by atoms with van der Waals surface area (Å²) in [6.07, 6.45) is 0.985. The molecule has 2 aromatic carbocycles. The minimum atomic E-state index is 0.0229. The average Bonchev–Trinajstić information content (AvgIpc) is 2.91.